The van der Waals surface area contributed by atoms with Crippen LogP contribution in [0.1, 0.15) is 38.8 Å². The summed E-state index contributed by atoms with van der Waals surface area (Å²) in [6.45, 7) is 4.79. The summed E-state index contributed by atoms with van der Waals surface area (Å²) < 4.78 is 20.6. The normalized spacial score (nSPS) is 10.3. The van der Waals surface area contributed by atoms with Gasteiger partial charge in [-0.2, -0.15) is 0 Å². The van der Waals surface area contributed by atoms with Crippen LogP contribution in [0, 0.1) is 0 Å². The number of carbonyl (C=O) groups is 4. The highest BCUT2D eigenvalue weighted by Gasteiger charge is 2.18. The molecule has 0 bridgehead atoms. The predicted octanol–water partition coefficient (Wildman–Crippen LogP) is 2.82. The Hall–Kier alpha value is -3.42. The zero-order chi connectivity index (χ0) is 20.8. The summed E-state index contributed by atoms with van der Waals surface area (Å²) in [6, 6.07) is 6.38. The summed E-state index contributed by atoms with van der Waals surface area (Å²) in [5, 5.41) is 1.19. The van der Waals surface area contributed by atoms with Gasteiger partial charge in [-0.1, -0.05) is 12.1 Å². The maximum atomic E-state index is 11.4. The van der Waals surface area contributed by atoms with Crippen molar-refractivity contribution in [3.63, 3.8) is 0 Å². The van der Waals surface area contributed by atoms with Gasteiger partial charge in [-0.05, 0) is 22.9 Å². The second kappa shape index (κ2) is 8.98. The number of esters is 4. The molecule has 0 aromatic heterocycles. The summed E-state index contributed by atoms with van der Waals surface area (Å²) >= 11 is 0. The molecule has 2 aromatic carbocycles. The molecule has 8 nitrogen and oxygen atoms in total. The Morgan fingerprint density at radius 3 is 1.25 bits per heavy atom. The summed E-state index contributed by atoms with van der Waals surface area (Å²) in [5.41, 5.74) is 0.919. The number of hydrogen-bond donors (Lipinski definition) is 0. The Bertz CT molecular complexity index is 868. The second-order valence-corrected chi connectivity index (χ2v) is 5.93. The van der Waals surface area contributed by atoms with Crippen molar-refractivity contribution in [3.05, 3.63) is 35.4 Å². The highest BCUT2D eigenvalue weighted by Crippen LogP contribution is 2.35. The van der Waals surface area contributed by atoms with Crippen molar-refractivity contribution in [1.82, 2.24) is 0 Å². The SMILES string of the molecule is CC(=O)OCc1c(OC(C)=O)ccc2c(COC(C)=O)c(OC(C)=O)ccc12. The Labute approximate surface area is 161 Å². The van der Waals surface area contributed by atoms with Crippen LogP contribution in [0.5, 0.6) is 11.5 Å². The van der Waals surface area contributed by atoms with Crippen LogP contribution >= 0.6 is 0 Å². The third-order valence-corrected chi connectivity index (χ3v) is 3.68. The van der Waals surface area contributed by atoms with Crippen LogP contribution in [0.25, 0.3) is 10.8 Å². The van der Waals surface area contributed by atoms with Gasteiger partial charge in [0.1, 0.15) is 24.7 Å². The summed E-state index contributed by atoms with van der Waals surface area (Å²) in [6.07, 6.45) is 0. The number of fused-ring (bicyclic) bond motifs is 1. The van der Waals surface area contributed by atoms with Gasteiger partial charge in [0.15, 0.2) is 0 Å². The van der Waals surface area contributed by atoms with Crippen molar-refractivity contribution in [1.29, 1.82) is 0 Å². The van der Waals surface area contributed by atoms with Gasteiger partial charge in [0.25, 0.3) is 0 Å². The fourth-order valence-electron chi connectivity index (χ4n) is 2.64. The van der Waals surface area contributed by atoms with Crippen molar-refractivity contribution in [2.24, 2.45) is 0 Å². The van der Waals surface area contributed by atoms with E-state index in [1.165, 1.54) is 39.8 Å². The molecule has 0 amide bonds. The van der Waals surface area contributed by atoms with Crippen molar-refractivity contribution in [3.8, 4) is 11.5 Å². The van der Waals surface area contributed by atoms with Gasteiger partial charge in [0.05, 0.1) is 0 Å². The molecule has 0 atom stereocenters. The monoisotopic (exact) mass is 388 g/mol. The summed E-state index contributed by atoms with van der Waals surface area (Å²) in [5.74, 6) is -1.58. The smallest absolute Gasteiger partial charge is 0.308 e. The van der Waals surface area contributed by atoms with E-state index in [-0.39, 0.29) is 24.7 Å². The van der Waals surface area contributed by atoms with Crippen LogP contribution in [0.2, 0.25) is 0 Å². The molecule has 0 spiro atoms. The van der Waals surface area contributed by atoms with E-state index in [9.17, 15) is 19.2 Å². The minimum atomic E-state index is -0.528. The number of rotatable bonds is 6. The molecule has 0 aliphatic carbocycles. The lowest BCUT2D eigenvalue weighted by Gasteiger charge is -2.17. The third kappa shape index (κ3) is 5.29. The molecule has 0 fully saturated rings. The molecule has 28 heavy (non-hydrogen) atoms. The van der Waals surface area contributed by atoms with E-state index in [0.717, 1.165) is 0 Å². The molecule has 0 heterocycles. The zero-order valence-electron chi connectivity index (χ0n) is 16.0. The van der Waals surface area contributed by atoms with E-state index >= 15 is 0 Å². The number of ether oxygens (including phenoxy) is 4. The van der Waals surface area contributed by atoms with Gasteiger partial charge in [-0.3, -0.25) is 19.2 Å². The topological polar surface area (TPSA) is 105 Å². The molecular weight excluding hydrogens is 368 g/mol. The quantitative estimate of drug-likeness (QED) is 0.549. The van der Waals surface area contributed by atoms with E-state index in [1.807, 2.05) is 0 Å². The second-order valence-electron chi connectivity index (χ2n) is 5.93. The largest absolute Gasteiger partial charge is 0.461 e. The average molecular weight is 388 g/mol. The fourth-order valence-corrected chi connectivity index (χ4v) is 2.64. The molecule has 0 unspecified atom stereocenters. The van der Waals surface area contributed by atoms with Crippen LogP contribution < -0.4 is 9.47 Å². The Kier molecular flexibility index (Phi) is 6.70. The molecule has 0 aliphatic heterocycles. The minimum absolute atomic E-state index is 0.130. The molecule has 0 aliphatic rings. The van der Waals surface area contributed by atoms with Crippen LogP contribution in [0.3, 0.4) is 0 Å². The molecule has 2 aromatic rings. The number of benzene rings is 2. The van der Waals surface area contributed by atoms with E-state index in [4.69, 9.17) is 18.9 Å². The van der Waals surface area contributed by atoms with Crippen LogP contribution in [0.4, 0.5) is 0 Å². The van der Waals surface area contributed by atoms with Crippen molar-refractivity contribution in [2.75, 3.05) is 0 Å². The highest BCUT2D eigenvalue weighted by molar-refractivity contribution is 5.93. The van der Waals surface area contributed by atoms with Crippen molar-refractivity contribution >= 4 is 34.6 Å². The first-order chi connectivity index (χ1) is 13.2. The maximum Gasteiger partial charge on any atom is 0.308 e. The van der Waals surface area contributed by atoms with Gasteiger partial charge in [-0.15, -0.1) is 0 Å². The lowest BCUT2D eigenvalue weighted by atomic mass is 9.98. The molecule has 148 valence electrons. The highest BCUT2D eigenvalue weighted by atomic mass is 16.6. The van der Waals surface area contributed by atoms with Gasteiger partial charge in [0, 0.05) is 38.8 Å². The maximum absolute atomic E-state index is 11.4. The van der Waals surface area contributed by atoms with E-state index in [0.29, 0.717) is 21.9 Å². The third-order valence-electron chi connectivity index (χ3n) is 3.68. The molecule has 0 saturated heterocycles. The lowest BCUT2D eigenvalue weighted by molar-refractivity contribution is -0.143. The first kappa shape index (κ1) is 20.9. The number of hydrogen-bond acceptors (Lipinski definition) is 8. The molecule has 0 radical (unpaired) electrons. The summed E-state index contributed by atoms with van der Waals surface area (Å²) in [7, 11) is 0. The average Bonchev–Trinajstić information content (AvgIpc) is 2.58. The molecular formula is C20H20O8. The fraction of sp³-hybridized carbons (Fsp3) is 0.300. The van der Waals surface area contributed by atoms with Crippen LogP contribution in [0.15, 0.2) is 24.3 Å². The first-order valence-electron chi connectivity index (χ1n) is 8.40. The van der Waals surface area contributed by atoms with Gasteiger partial charge in [0.2, 0.25) is 0 Å². The molecule has 2 rings (SSSR count). The lowest BCUT2D eigenvalue weighted by Crippen LogP contribution is -2.09. The van der Waals surface area contributed by atoms with Crippen LogP contribution in [-0.2, 0) is 41.9 Å². The van der Waals surface area contributed by atoms with Crippen LogP contribution in [-0.4, -0.2) is 23.9 Å². The zero-order valence-corrected chi connectivity index (χ0v) is 16.0. The Morgan fingerprint density at radius 2 is 0.964 bits per heavy atom. The van der Waals surface area contributed by atoms with Gasteiger partial charge < -0.3 is 18.9 Å². The van der Waals surface area contributed by atoms with Crippen molar-refractivity contribution in [2.45, 2.75) is 40.9 Å². The molecule has 0 N–H and O–H groups in total. The first-order valence-corrected chi connectivity index (χ1v) is 8.40. The van der Waals surface area contributed by atoms with Gasteiger partial charge >= 0.3 is 23.9 Å². The predicted molar refractivity (Wildman–Crippen MR) is 97.5 cm³/mol. The number of carbonyl (C=O) groups excluding carboxylic acids is 4. The summed E-state index contributed by atoms with van der Waals surface area (Å²) in [4.78, 5) is 45.4. The van der Waals surface area contributed by atoms with Gasteiger partial charge in [-0.25, -0.2) is 0 Å². The standard InChI is InChI=1S/C20H20O8/c1-11(21)25-9-17-15-5-8-20(28-14(4)24)18(10-26-12(2)22)16(15)6-7-19(17)27-13(3)23/h5-8H,9-10H2,1-4H3. The molecule has 8 heteroatoms. The Balaban J connectivity index is 2.67. The van der Waals surface area contributed by atoms with E-state index in [1.54, 1.807) is 12.1 Å². The molecule has 0 saturated carbocycles. The Morgan fingerprint density at radius 1 is 0.607 bits per heavy atom. The minimum Gasteiger partial charge on any atom is -0.461 e. The van der Waals surface area contributed by atoms with E-state index in [2.05, 4.69) is 0 Å². The van der Waals surface area contributed by atoms with Crippen molar-refractivity contribution < 1.29 is 38.1 Å². The van der Waals surface area contributed by atoms with E-state index < -0.39 is 23.9 Å².